The van der Waals surface area contributed by atoms with Crippen LogP contribution < -0.4 is 10.4 Å². The highest BCUT2D eigenvalue weighted by Gasteiger charge is 2.28. The second-order valence-corrected chi connectivity index (χ2v) is 6.81. The fourth-order valence-corrected chi connectivity index (χ4v) is 2.39. The molecule has 1 fully saturated rings. The molecule has 7 nitrogen and oxygen atoms in total. The molecule has 0 radical (unpaired) electrons. The van der Waals surface area contributed by atoms with E-state index in [9.17, 15) is 19.5 Å². The predicted octanol–water partition coefficient (Wildman–Crippen LogP) is 1.29. The van der Waals surface area contributed by atoms with Crippen molar-refractivity contribution in [1.29, 1.82) is 0 Å². The summed E-state index contributed by atoms with van der Waals surface area (Å²) in [4.78, 5) is 34.6. The standard InChI is InChI=1S/C16H27NO6/c1-16(2,3)23-15(21)17-12(9-10-13(18)19)14(20)22-11-7-5-4-6-8-11/h11-12H,4-10H2,1-3H3,(H,17,21)(H,18,19)/p-1. The number of carboxylic acid groups (broad SMARTS) is 1. The molecule has 0 aromatic rings. The molecule has 1 aliphatic rings. The summed E-state index contributed by atoms with van der Waals surface area (Å²) < 4.78 is 10.5. The summed E-state index contributed by atoms with van der Waals surface area (Å²) in [5.74, 6) is -1.91. The Kier molecular flexibility index (Phi) is 7.32. The first-order valence-electron chi connectivity index (χ1n) is 8.07. The first-order chi connectivity index (χ1) is 10.7. The molecule has 1 aliphatic carbocycles. The Morgan fingerprint density at radius 3 is 2.30 bits per heavy atom. The lowest BCUT2D eigenvalue weighted by molar-refractivity contribution is -0.305. The number of carbonyl (C=O) groups is 3. The average Bonchev–Trinajstić information content (AvgIpc) is 2.42. The molecule has 1 rings (SSSR count). The molecule has 1 amide bonds. The van der Waals surface area contributed by atoms with Gasteiger partial charge in [0.25, 0.3) is 0 Å². The lowest BCUT2D eigenvalue weighted by Crippen LogP contribution is -2.46. The molecule has 0 saturated heterocycles. The zero-order chi connectivity index (χ0) is 17.5. The highest BCUT2D eigenvalue weighted by Crippen LogP contribution is 2.21. The molecule has 0 spiro atoms. The third-order valence-electron chi connectivity index (χ3n) is 3.45. The molecular formula is C16H26NO6-. The minimum absolute atomic E-state index is 0.0901. The van der Waals surface area contributed by atoms with Crippen molar-refractivity contribution in [3.05, 3.63) is 0 Å². The molecule has 1 N–H and O–H groups in total. The minimum atomic E-state index is -1.29. The lowest BCUT2D eigenvalue weighted by Gasteiger charge is -2.26. The van der Waals surface area contributed by atoms with Gasteiger partial charge in [-0.05, 0) is 59.3 Å². The van der Waals surface area contributed by atoms with Gasteiger partial charge in [-0.1, -0.05) is 6.42 Å². The van der Waals surface area contributed by atoms with Crippen LogP contribution in [0.1, 0.15) is 65.7 Å². The number of amides is 1. The van der Waals surface area contributed by atoms with Gasteiger partial charge in [-0.25, -0.2) is 9.59 Å². The van der Waals surface area contributed by atoms with E-state index in [-0.39, 0.29) is 18.9 Å². The van der Waals surface area contributed by atoms with Crippen molar-refractivity contribution in [2.24, 2.45) is 0 Å². The molecule has 0 aliphatic heterocycles. The molecule has 1 atom stereocenters. The van der Waals surface area contributed by atoms with Gasteiger partial charge >= 0.3 is 12.1 Å². The van der Waals surface area contributed by atoms with Crippen LogP contribution in [0.25, 0.3) is 0 Å². The van der Waals surface area contributed by atoms with Crippen molar-refractivity contribution in [3.8, 4) is 0 Å². The summed E-state index contributed by atoms with van der Waals surface area (Å²) in [6, 6.07) is -1.05. The predicted molar refractivity (Wildman–Crippen MR) is 80.4 cm³/mol. The van der Waals surface area contributed by atoms with Gasteiger partial charge in [-0.2, -0.15) is 0 Å². The van der Waals surface area contributed by atoms with Crippen molar-refractivity contribution in [2.75, 3.05) is 0 Å². The van der Waals surface area contributed by atoms with Gasteiger partial charge in [0.2, 0.25) is 0 Å². The number of carboxylic acids is 1. The molecule has 0 aromatic heterocycles. The van der Waals surface area contributed by atoms with E-state index in [2.05, 4.69) is 5.32 Å². The smallest absolute Gasteiger partial charge is 0.408 e. The van der Waals surface area contributed by atoms with Crippen LogP contribution in [0.15, 0.2) is 0 Å². The van der Waals surface area contributed by atoms with E-state index in [1.807, 2.05) is 0 Å². The third-order valence-corrected chi connectivity index (χ3v) is 3.45. The second-order valence-electron chi connectivity index (χ2n) is 6.81. The van der Waals surface area contributed by atoms with E-state index >= 15 is 0 Å². The summed E-state index contributed by atoms with van der Waals surface area (Å²) in [6.07, 6.45) is 3.34. The summed E-state index contributed by atoms with van der Waals surface area (Å²) >= 11 is 0. The zero-order valence-electron chi connectivity index (χ0n) is 14.1. The Hall–Kier alpha value is -1.79. The third kappa shape index (κ3) is 8.42. The summed E-state index contributed by atoms with van der Waals surface area (Å²) in [5.41, 5.74) is -0.712. The van der Waals surface area contributed by atoms with Crippen molar-refractivity contribution in [1.82, 2.24) is 5.32 Å². The summed E-state index contributed by atoms with van der Waals surface area (Å²) in [7, 11) is 0. The fourth-order valence-electron chi connectivity index (χ4n) is 2.39. The average molecular weight is 328 g/mol. The van der Waals surface area contributed by atoms with E-state index in [1.165, 1.54) is 0 Å². The van der Waals surface area contributed by atoms with E-state index in [0.717, 1.165) is 32.1 Å². The first-order valence-corrected chi connectivity index (χ1v) is 8.07. The molecule has 23 heavy (non-hydrogen) atoms. The maximum atomic E-state index is 12.2. The van der Waals surface area contributed by atoms with Crippen LogP contribution in [0.2, 0.25) is 0 Å². The monoisotopic (exact) mass is 328 g/mol. The van der Waals surface area contributed by atoms with Gasteiger partial charge in [-0.15, -0.1) is 0 Å². The quantitative estimate of drug-likeness (QED) is 0.737. The Morgan fingerprint density at radius 2 is 1.78 bits per heavy atom. The van der Waals surface area contributed by atoms with Crippen LogP contribution >= 0.6 is 0 Å². The van der Waals surface area contributed by atoms with Crippen LogP contribution in [0.5, 0.6) is 0 Å². The van der Waals surface area contributed by atoms with Crippen molar-refractivity contribution in [2.45, 2.75) is 83.5 Å². The number of nitrogens with one attached hydrogen (secondary N) is 1. The Morgan fingerprint density at radius 1 is 1.17 bits per heavy atom. The number of ether oxygens (including phenoxy) is 2. The fraction of sp³-hybridized carbons (Fsp3) is 0.812. The zero-order valence-corrected chi connectivity index (χ0v) is 14.1. The molecule has 132 valence electrons. The normalized spacial score (nSPS) is 17.2. The van der Waals surface area contributed by atoms with Crippen molar-refractivity contribution < 1.29 is 29.0 Å². The number of rotatable bonds is 6. The SMILES string of the molecule is CC(C)(C)OC(=O)NC(CCC(=O)[O-])C(=O)OC1CCCCC1. The topological polar surface area (TPSA) is 105 Å². The molecule has 7 heteroatoms. The van der Waals surface area contributed by atoms with Crippen molar-refractivity contribution >= 4 is 18.0 Å². The van der Waals surface area contributed by atoms with Gasteiger partial charge in [0.15, 0.2) is 0 Å². The molecule has 0 aromatic carbocycles. The van der Waals surface area contributed by atoms with Crippen LogP contribution in [0, 0.1) is 0 Å². The van der Waals surface area contributed by atoms with Gasteiger partial charge in [0.1, 0.15) is 17.7 Å². The number of hydrogen-bond donors (Lipinski definition) is 1. The molecule has 0 bridgehead atoms. The second kappa shape index (κ2) is 8.74. The van der Waals surface area contributed by atoms with E-state index in [4.69, 9.17) is 9.47 Å². The Bertz CT molecular complexity index is 423. The van der Waals surface area contributed by atoms with Crippen LogP contribution in [-0.4, -0.2) is 35.8 Å². The summed E-state index contributed by atoms with van der Waals surface area (Å²) in [6.45, 7) is 5.09. The summed E-state index contributed by atoms with van der Waals surface area (Å²) in [5, 5.41) is 13.0. The molecule has 0 heterocycles. The van der Waals surface area contributed by atoms with Crippen LogP contribution in [0.3, 0.4) is 0 Å². The number of alkyl carbamates (subject to hydrolysis) is 1. The van der Waals surface area contributed by atoms with Gasteiger partial charge < -0.3 is 24.7 Å². The number of esters is 1. The van der Waals surface area contributed by atoms with Gasteiger partial charge in [-0.3, -0.25) is 0 Å². The van der Waals surface area contributed by atoms with Gasteiger partial charge in [0, 0.05) is 5.97 Å². The number of hydrogen-bond acceptors (Lipinski definition) is 6. The van der Waals surface area contributed by atoms with Crippen molar-refractivity contribution in [3.63, 3.8) is 0 Å². The molecular weight excluding hydrogens is 302 g/mol. The first kappa shape index (κ1) is 19.3. The van der Waals surface area contributed by atoms with Gasteiger partial charge in [0.05, 0.1) is 0 Å². The number of carbonyl (C=O) groups excluding carboxylic acids is 3. The van der Waals surface area contributed by atoms with E-state index in [1.54, 1.807) is 20.8 Å². The Labute approximate surface area is 136 Å². The largest absolute Gasteiger partial charge is 0.550 e. The maximum absolute atomic E-state index is 12.2. The highest BCUT2D eigenvalue weighted by molar-refractivity contribution is 5.82. The minimum Gasteiger partial charge on any atom is -0.550 e. The lowest BCUT2D eigenvalue weighted by atomic mass is 9.98. The van der Waals surface area contributed by atoms with Crippen LogP contribution in [-0.2, 0) is 19.1 Å². The molecule has 1 unspecified atom stereocenters. The Balaban J connectivity index is 2.60. The van der Waals surface area contributed by atoms with E-state index < -0.39 is 29.7 Å². The maximum Gasteiger partial charge on any atom is 0.408 e. The number of aliphatic carboxylic acids is 1. The molecule has 1 saturated carbocycles. The van der Waals surface area contributed by atoms with E-state index in [0.29, 0.717) is 0 Å². The van der Waals surface area contributed by atoms with Crippen LogP contribution in [0.4, 0.5) is 4.79 Å². The highest BCUT2D eigenvalue weighted by atomic mass is 16.6.